The van der Waals surface area contributed by atoms with Gasteiger partial charge in [-0.15, -0.1) is 0 Å². The van der Waals surface area contributed by atoms with E-state index in [-0.39, 0.29) is 75.6 Å². The summed E-state index contributed by atoms with van der Waals surface area (Å²) in [5, 5.41) is 8.67. The van der Waals surface area contributed by atoms with Gasteiger partial charge in [0.1, 0.15) is 23.4 Å². The molecule has 1 fully saturated rings. The molecule has 7 nitrogen and oxygen atoms in total. The largest absolute Gasteiger partial charge is 0.486 e. The van der Waals surface area contributed by atoms with Crippen molar-refractivity contribution in [1.29, 1.82) is 0 Å². The van der Waals surface area contributed by atoms with E-state index in [1.54, 1.807) is 13.0 Å². The number of alkyl halides is 4. The molecule has 2 aliphatic heterocycles. The maximum absolute atomic E-state index is 14.7. The van der Waals surface area contributed by atoms with E-state index in [9.17, 15) is 35.9 Å². The number of sulfonamides is 1. The summed E-state index contributed by atoms with van der Waals surface area (Å²) in [6.45, 7) is 6.37. The Labute approximate surface area is 240 Å². The molecule has 0 spiro atoms. The van der Waals surface area contributed by atoms with Crippen LogP contribution < -0.4 is 9.04 Å². The molecule has 3 rings (SSSR count). The van der Waals surface area contributed by atoms with Crippen LogP contribution in [0.4, 0.5) is 23.2 Å². The van der Waals surface area contributed by atoms with E-state index in [0.29, 0.717) is 12.0 Å². The Hall–Kier alpha value is -2.08. The first-order chi connectivity index (χ1) is 19.2. The monoisotopic (exact) mass is 609 g/mol. The van der Waals surface area contributed by atoms with Gasteiger partial charge in [0.25, 0.3) is 0 Å². The molecule has 2 heterocycles. The van der Waals surface area contributed by atoms with Crippen molar-refractivity contribution in [3.63, 3.8) is 0 Å². The van der Waals surface area contributed by atoms with Gasteiger partial charge in [-0.1, -0.05) is 33.8 Å². The third kappa shape index (κ3) is 8.27. The van der Waals surface area contributed by atoms with Gasteiger partial charge in [-0.2, -0.15) is 0 Å². The minimum absolute atomic E-state index is 0.00773. The summed E-state index contributed by atoms with van der Waals surface area (Å²) in [5.41, 5.74) is -0.565. The van der Waals surface area contributed by atoms with Crippen molar-refractivity contribution in [2.75, 3.05) is 24.1 Å². The van der Waals surface area contributed by atoms with Crippen molar-refractivity contribution in [1.82, 2.24) is 0 Å². The number of ether oxygens (including phenoxy) is 2. The quantitative estimate of drug-likeness (QED) is 0.225. The van der Waals surface area contributed by atoms with Crippen molar-refractivity contribution in [3.8, 4) is 5.75 Å². The van der Waals surface area contributed by atoms with Crippen LogP contribution in [0.15, 0.2) is 18.2 Å². The van der Waals surface area contributed by atoms with Gasteiger partial charge >= 0.3 is 5.97 Å². The number of hydrogen-bond donors (Lipinski definition) is 1. The highest BCUT2D eigenvalue weighted by molar-refractivity contribution is 7.93. The molecule has 4 unspecified atom stereocenters. The number of fused-ring (bicyclic) bond motifs is 1. The summed E-state index contributed by atoms with van der Waals surface area (Å²) in [5.74, 6) is -2.14. The summed E-state index contributed by atoms with van der Waals surface area (Å²) < 4.78 is 96.2. The zero-order valence-corrected chi connectivity index (χ0v) is 25.0. The number of rotatable bonds is 16. The Morgan fingerprint density at radius 2 is 1.76 bits per heavy atom. The standard InChI is InChI=1S/C29H43F4NO6S/c1-5-21(30)7-8-22(31)12-20-6-9-26-25(13-20)34(15-23(40-26)14-29(28(35)36)16-39-17-29)41(37,38)24(10-18(2)3)11-19(4)27(32)33/h6,9,13,18-19,21-24,27H,5,7-8,10-12,14-17H2,1-4H3,(H,35,36)/t19?,21?,22?,23-,24?/m1/s1. The number of carboxylic acids is 1. The number of hydrogen-bond acceptors (Lipinski definition) is 5. The van der Waals surface area contributed by atoms with Gasteiger partial charge in [0.05, 0.1) is 36.9 Å². The molecule has 0 aromatic heterocycles. The smallest absolute Gasteiger partial charge is 0.314 e. The zero-order valence-electron chi connectivity index (χ0n) is 24.2. The van der Waals surface area contributed by atoms with Crippen molar-refractivity contribution in [2.45, 2.75) is 103 Å². The van der Waals surface area contributed by atoms with Crippen LogP contribution >= 0.6 is 0 Å². The van der Waals surface area contributed by atoms with E-state index in [2.05, 4.69) is 0 Å². The van der Waals surface area contributed by atoms with Gasteiger partial charge < -0.3 is 14.6 Å². The third-order valence-corrected chi connectivity index (χ3v) is 10.2. The zero-order chi connectivity index (χ0) is 30.5. The van der Waals surface area contributed by atoms with Gasteiger partial charge in [0.2, 0.25) is 16.4 Å². The topological polar surface area (TPSA) is 93.1 Å². The van der Waals surface area contributed by atoms with E-state index in [1.165, 1.54) is 19.1 Å². The van der Waals surface area contributed by atoms with Crippen LogP contribution in [0.5, 0.6) is 5.75 Å². The van der Waals surface area contributed by atoms with Crippen molar-refractivity contribution in [3.05, 3.63) is 23.8 Å². The van der Waals surface area contributed by atoms with Crippen LogP contribution in [0.25, 0.3) is 0 Å². The van der Waals surface area contributed by atoms with E-state index in [1.807, 2.05) is 13.8 Å². The first kappa shape index (κ1) is 33.4. The Morgan fingerprint density at radius 3 is 2.29 bits per heavy atom. The molecule has 2 aliphatic rings. The Balaban J connectivity index is 1.97. The predicted molar refractivity (Wildman–Crippen MR) is 149 cm³/mol. The second kappa shape index (κ2) is 13.9. The Bertz CT molecular complexity index is 1130. The lowest BCUT2D eigenvalue weighted by molar-refractivity contribution is -0.184. The summed E-state index contributed by atoms with van der Waals surface area (Å²) in [4.78, 5) is 12.0. The van der Waals surface area contributed by atoms with Crippen LogP contribution in [-0.4, -0.2) is 69.4 Å². The Kier molecular flexibility index (Phi) is 11.4. The predicted octanol–water partition coefficient (Wildman–Crippen LogP) is 6.19. The fourth-order valence-corrected chi connectivity index (χ4v) is 7.76. The molecule has 0 bridgehead atoms. The average molecular weight is 610 g/mol. The molecule has 0 radical (unpaired) electrons. The third-order valence-electron chi connectivity index (χ3n) is 8.00. The van der Waals surface area contributed by atoms with Gasteiger partial charge in [0.15, 0.2) is 0 Å². The number of aliphatic carboxylic acids is 1. The van der Waals surface area contributed by atoms with Gasteiger partial charge in [0, 0.05) is 18.8 Å². The lowest BCUT2D eigenvalue weighted by Crippen LogP contribution is -2.55. The van der Waals surface area contributed by atoms with E-state index >= 15 is 0 Å². The maximum atomic E-state index is 14.7. The molecule has 1 N–H and O–H groups in total. The summed E-state index contributed by atoms with van der Waals surface area (Å²) in [7, 11) is -4.23. The Morgan fingerprint density at radius 1 is 1.10 bits per heavy atom. The molecule has 0 amide bonds. The van der Waals surface area contributed by atoms with Crippen molar-refractivity contribution in [2.24, 2.45) is 17.3 Å². The highest BCUT2D eigenvalue weighted by atomic mass is 32.2. The summed E-state index contributed by atoms with van der Waals surface area (Å²) in [6, 6.07) is 4.65. The summed E-state index contributed by atoms with van der Waals surface area (Å²) in [6.07, 6.45) is -5.72. The molecular formula is C29H43F4NO6S. The number of benzene rings is 1. The number of nitrogens with zero attached hydrogens (tertiary/aromatic N) is 1. The van der Waals surface area contributed by atoms with Crippen LogP contribution in [0.1, 0.15) is 71.8 Å². The second-order valence-electron chi connectivity index (χ2n) is 12.1. The van der Waals surface area contributed by atoms with E-state index < -0.39 is 57.4 Å². The van der Waals surface area contributed by atoms with Crippen LogP contribution in [0, 0.1) is 17.3 Å². The number of carboxylic acid groups (broad SMARTS) is 1. The highest BCUT2D eigenvalue weighted by Crippen LogP contribution is 2.42. The molecule has 0 aliphatic carbocycles. The maximum Gasteiger partial charge on any atom is 0.314 e. The molecule has 234 valence electrons. The first-order valence-electron chi connectivity index (χ1n) is 14.4. The number of carbonyl (C=O) groups is 1. The average Bonchev–Trinajstić information content (AvgIpc) is 2.87. The first-order valence-corrected chi connectivity index (χ1v) is 15.9. The molecular weight excluding hydrogens is 566 g/mol. The molecule has 1 aromatic rings. The molecule has 5 atom stereocenters. The van der Waals surface area contributed by atoms with Gasteiger partial charge in [-0.25, -0.2) is 26.0 Å². The summed E-state index contributed by atoms with van der Waals surface area (Å²) >= 11 is 0. The normalized spacial score (nSPS) is 21.5. The lowest BCUT2D eigenvalue weighted by atomic mass is 9.80. The molecule has 1 aromatic carbocycles. The lowest BCUT2D eigenvalue weighted by Gasteiger charge is -2.43. The SMILES string of the molecule is CCC(F)CCC(F)Cc1ccc2c(c1)N(S(=O)(=O)C(CC(C)C)CC(C)C(F)F)C[C@@H](CC1(C(=O)O)COC1)O2. The van der Waals surface area contributed by atoms with Gasteiger partial charge in [-0.05, 0) is 55.7 Å². The minimum atomic E-state index is -4.23. The molecule has 1 saturated heterocycles. The van der Waals surface area contributed by atoms with Gasteiger partial charge in [-0.3, -0.25) is 9.10 Å². The minimum Gasteiger partial charge on any atom is -0.486 e. The highest BCUT2D eigenvalue weighted by Gasteiger charge is 2.50. The molecule has 41 heavy (non-hydrogen) atoms. The fourth-order valence-electron chi connectivity index (χ4n) is 5.43. The molecule has 0 saturated carbocycles. The molecule has 12 heteroatoms. The van der Waals surface area contributed by atoms with Crippen LogP contribution in [0.2, 0.25) is 0 Å². The van der Waals surface area contributed by atoms with Crippen LogP contribution in [0.3, 0.4) is 0 Å². The van der Waals surface area contributed by atoms with Crippen molar-refractivity contribution < 1.29 is 45.4 Å². The van der Waals surface area contributed by atoms with E-state index in [0.717, 1.165) is 4.31 Å². The number of anilines is 1. The van der Waals surface area contributed by atoms with Crippen LogP contribution in [-0.2, 0) is 26.0 Å². The fraction of sp³-hybridized carbons (Fsp3) is 0.759. The second-order valence-corrected chi connectivity index (χ2v) is 14.2. The van der Waals surface area contributed by atoms with Crippen molar-refractivity contribution >= 4 is 21.7 Å². The number of halogens is 4. The van der Waals surface area contributed by atoms with E-state index in [4.69, 9.17) is 9.47 Å².